The van der Waals surface area contributed by atoms with Gasteiger partial charge in [-0.25, -0.2) is 12.8 Å². The molecule has 1 unspecified atom stereocenters. The summed E-state index contributed by atoms with van der Waals surface area (Å²) in [6, 6.07) is 13.7. The van der Waals surface area contributed by atoms with Crippen molar-refractivity contribution in [3.05, 3.63) is 65.5 Å². The van der Waals surface area contributed by atoms with Gasteiger partial charge in [0.05, 0.1) is 4.90 Å². The number of nitrogens with zero attached hydrogens (tertiary/aromatic N) is 1. The Morgan fingerprint density at radius 1 is 0.963 bits per heavy atom. The van der Waals surface area contributed by atoms with Crippen LogP contribution in [0.5, 0.6) is 0 Å². The van der Waals surface area contributed by atoms with Crippen molar-refractivity contribution in [3.8, 4) is 0 Å². The normalized spacial score (nSPS) is 19.6. The smallest absolute Gasteiger partial charge is 0.207 e. The Morgan fingerprint density at radius 3 is 2.19 bits per heavy atom. The molecule has 0 saturated carbocycles. The molecule has 2 aromatic rings. The second kappa shape index (κ2) is 7.72. The van der Waals surface area contributed by atoms with Gasteiger partial charge in [-0.15, -0.1) is 0 Å². The zero-order valence-corrected chi connectivity index (χ0v) is 17.1. The summed E-state index contributed by atoms with van der Waals surface area (Å²) in [7, 11) is -3.54. The lowest BCUT2D eigenvalue weighted by molar-refractivity contribution is 0.406. The maximum atomic E-state index is 13.2. The molecule has 1 aliphatic rings. The first-order chi connectivity index (χ1) is 12.7. The van der Waals surface area contributed by atoms with E-state index in [2.05, 4.69) is 20.8 Å². The fourth-order valence-corrected chi connectivity index (χ4v) is 5.13. The molecule has 27 heavy (non-hydrogen) atoms. The van der Waals surface area contributed by atoms with Gasteiger partial charge in [0.15, 0.2) is 0 Å². The van der Waals surface area contributed by atoms with Gasteiger partial charge in [0.1, 0.15) is 5.82 Å². The van der Waals surface area contributed by atoms with Crippen molar-refractivity contribution in [2.24, 2.45) is 0 Å². The molecule has 0 radical (unpaired) electrons. The Labute approximate surface area is 162 Å². The van der Waals surface area contributed by atoms with Crippen LogP contribution in [0.2, 0.25) is 0 Å². The molecule has 0 bridgehead atoms. The number of rotatable bonds is 3. The van der Waals surface area contributed by atoms with Gasteiger partial charge in [-0.2, -0.15) is 4.31 Å². The minimum absolute atomic E-state index is 0.0153. The first kappa shape index (κ1) is 20.0. The molecule has 1 fully saturated rings. The fraction of sp³-hybridized carbons (Fsp3) is 0.455. The number of sulfonamides is 1. The third-order valence-electron chi connectivity index (χ3n) is 5.33. The molecule has 1 atom stereocenters. The molecule has 0 amide bonds. The number of hydrogen-bond donors (Lipinski definition) is 0. The Hall–Kier alpha value is -1.72. The Balaban J connectivity index is 1.85. The predicted octanol–water partition coefficient (Wildman–Crippen LogP) is 5.08. The molecule has 3 rings (SSSR count). The first-order valence-corrected chi connectivity index (χ1v) is 11.0. The van der Waals surface area contributed by atoms with Crippen LogP contribution in [0.3, 0.4) is 0 Å². The average molecular weight is 390 g/mol. The minimum atomic E-state index is -3.54. The molecule has 2 aromatic carbocycles. The lowest BCUT2D eigenvalue weighted by Gasteiger charge is -2.25. The largest absolute Gasteiger partial charge is 0.243 e. The van der Waals surface area contributed by atoms with Gasteiger partial charge in [0.25, 0.3) is 0 Å². The zero-order valence-electron chi connectivity index (χ0n) is 16.3. The summed E-state index contributed by atoms with van der Waals surface area (Å²) in [6.07, 6.45) is 2.73. The highest BCUT2D eigenvalue weighted by Gasteiger charge is 2.29. The summed E-state index contributed by atoms with van der Waals surface area (Å²) >= 11 is 0. The van der Waals surface area contributed by atoms with Gasteiger partial charge in [-0.05, 0) is 59.6 Å². The summed E-state index contributed by atoms with van der Waals surface area (Å²) < 4.78 is 41.2. The number of hydrogen-bond acceptors (Lipinski definition) is 2. The molecule has 0 aromatic heterocycles. The third-order valence-corrected chi connectivity index (χ3v) is 7.21. The van der Waals surface area contributed by atoms with Gasteiger partial charge in [-0.3, -0.25) is 0 Å². The average Bonchev–Trinajstić information content (AvgIpc) is 2.88. The van der Waals surface area contributed by atoms with Gasteiger partial charge in [-0.1, -0.05) is 51.5 Å². The Bertz CT molecular complexity index is 868. The van der Waals surface area contributed by atoms with Crippen LogP contribution < -0.4 is 0 Å². The van der Waals surface area contributed by atoms with Crippen LogP contribution in [0.15, 0.2) is 53.4 Å². The quantitative estimate of drug-likeness (QED) is 0.734. The summed E-state index contributed by atoms with van der Waals surface area (Å²) in [5.41, 5.74) is 2.10. The molecule has 146 valence electrons. The van der Waals surface area contributed by atoms with Crippen LogP contribution in [0.25, 0.3) is 0 Å². The van der Waals surface area contributed by atoms with Crippen LogP contribution >= 0.6 is 0 Å². The van der Waals surface area contributed by atoms with Crippen molar-refractivity contribution in [2.45, 2.75) is 56.3 Å². The summed E-state index contributed by atoms with van der Waals surface area (Å²) in [6.45, 7) is 7.30. The van der Waals surface area contributed by atoms with E-state index in [-0.39, 0.29) is 17.2 Å². The molecule has 0 N–H and O–H groups in total. The fourth-order valence-electron chi connectivity index (χ4n) is 3.61. The molecule has 0 spiro atoms. The van der Waals surface area contributed by atoms with Crippen molar-refractivity contribution in [2.75, 3.05) is 13.1 Å². The third kappa shape index (κ3) is 4.58. The highest BCUT2D eigenvalue weighted by atomic mass is 32.2. The number of halogens is 1. The standard InChI is InChI=1S/C22H28FNO2S/c1-22(2,3)19-9-13-21(14-10-19)27(25,26)24-15-5-4-6-18(16-24)17-7-11-20(23)12-8-17/h7-14,18H,4-6,15-16H2,1-3H3. The lowest BCUT2D eigenvalue weighted by Crippen LogP contribution is -2.34. The van der Waals surface area contributed by atoms with Crippen LogP contribution in [0.4, 0.5) is 4.39 Å². The maximum absolute atomic E-state index is 13.2. The molecular weight excluding hydrogens is 361 g/mol. The zero-order chi connectivity index (χ0) is 19.7. The molecular formula is C22H28FNO2S. The maximum Gasteiger partial charge on any atom is 0.243 e. The number of benzene rings is 2. The van der Waals surface area contributed by atoms with E-state index in [0.29, 0.717) is 18.0 Å². The van der Waals surface area contributed by atoms with E-state index in [0.717, 1.165) is 30.4 Å². The van der Waals surface area contributed by atoms with E-state index >= 15 is 0 Å². The second-order valence-electron chi connectivity index (χ2n) is 8.38. The predicted molar refractivity (Wildman–Crippen MR) is 107 cm³/mol. The summed E-state index contributed by atoms with van der Waals surface area (Å²) in [5.74, 6) is -0.174. The summed E-state index contributed by atoms with van der Waals surface area (Å²) in [4.78, 5) is 0.343. The van der Waals surface area contributed by atoms with E-state index in [1.54, 1.807) is 28.6 Å². The van der Waals surface area contributed by atoms with Crippen molar-refractivity contribution < 1.29 is 12.8 Å². The van der Waals surface area contributed by atoms with Crippen LogP contribution in [-0.2, 0) is 15.4 Å². The first-order valence-electron chi connectivity index (χ1n) is 9.54. The SMILES string of the molecule is CC(C)(C)c1ccc(S(=O)(=O)N2CCCCC(c3ccc(F)cc3)C2)cc1. The van der Waals surface area contributed by atoms with Crippen molar-refractivity contribution in [3.63, 3.8) is 0 Å². The van der Waals surface area contributed by atoms with Crippen molar-refractivity contribution in [1.29, 1.82) is 0 Å². The molecule has 3 nitrogen and oxygen atoms in total. The van der Waals surface area contributed by atoms with Gasteiger partial charge < -0.3 is 0 Å². The van der Waals surface area contributed by atoms with Crippen LogP contribution in [0.1, 0.15) is 57.1 Å². The minimum Gasteiger partial charge on any atom is -0.207 e. The van der Waals surface area contributed by atoms with Gasteiger partial charge >= 0.3 is 0 Å². The van der Waals surface area contributed by atoms with Crippen molar-refractivity contribution in [1.82, 2.24) is 4.31 Å². The molecule has 5 heteroatoms. The van der Waals surface area contributed by atoms with E-state index in [1.807, 2.05) is 12.1 Å². The molecule has 0 aliphatic carbocycles. The molecule has 1 saturated heterocycles. The highest BCUT2D eigenvalue weighted by molar-refractivity contribution is 7.89. The summed E-state index contributed by atoms with van der Waals surface area (Å²) in [5, 5.41) is 0. The van der Waals surface area contributed by atoms with E-state index in [9.17, 15) is 12.8 Å². The Morgan fingerprint density at radius 2 is 1.59 bits per heavy atom. The lowest BCUT2D eigenvalue weighted by atomic mass is 9.87. The van der Waals surface area contributed by atoms with E-state index in [4.69, 9.17) is 0 Å². The molecule has 1 aliphatic heterocycles. The monoisotopic (exact) mass is 389 g/mol. The van der Waals surface area contributed by atoms with Gasteiger partial charge in [0.2, 0.25) is 10.0 Å². The van der Waals surface area contributed by atoms with E-state index in [1.165, 1.54) is 12.1 Å². The molecule has 1 heterocycles. The van der Waals surface area contributed by atoms with Crippen molar-refractivity contribution >= 4 is 10.0 Å². The Kier molecular flexibility index (Phi) is 5.73. The van der Waals surface area contributed by atoms with Gasteiger partial charge in [0, 0.05) is 13.1 Å². The van der Waals surface area contributed by atoms with E-state index < -0.39 is 10.0 Å². The van der Waals surface area contributed by atoms with Crippen LogP contribution in [-0.4, -0.2) is 25.8 Å². The topological polar surface area (TPSA) is 37.4 Å². The van der Waals surface area contributed by atoms with Crippen LogP contribution in [0, 0.1) is 5.82 Å². The second-order valence-corrected chi connectivity index (χ2v) is 10.3. The highest BCUT2D eigenvalue weighted by Crippen LogP contribution is 2.30.